The van der Waals surface area contributed by atoms with Gasteiger partial charge >= 0.3 is 0 Å². The van der Waals surface area contributed by atoms with Crippen LogP contribution in [0.1, 0.15) is 38.1 Å². The Kier molecular flexibility index (Phi) is 3.82. The highest BCUT2D eigenvalue weighted by atomic mass is 16.2. The number of carbonyl (C=O) groups excluding carboxylic acids is 1. The lowest BCUT2D eigenvalue weighted by atomic mass is 9.98. The number of hydrogen-bond acceptors (Lipinski definition) is 3. The maximum Gasteiger partial charge on any atom is 0.224 e. The molecule has 1 saturated heterocycles. The van der Waals surface area contributed by atoms with Gasteiger partial charge in [-0.3, -0.25) is 4.79 Å². The van der Waals surface area contributed by atoms with Crippen LogP contribution in [0.15, 0.2) is 18.7 Å². The van der Waals surface area contributed by atoms with E-state index in [0.29, 0.717) is 6.04 Å². The molecule has 2 N–H and O–H groups in total. The molecule has 2 aliphatic rings. The lowest BCUT2D eigenvalue weighted by molar-refractivity contribution is -0.126. The smallest absolute Gasteiger partial charge is 0.224 e. The first-order valence-electron chi connectivity index (χ1n) is 7.33. The van der Waals surface area contributed by atoms with E-state index in [9.17, 15) is 4.79 Å². The van der Waals surface area contributed by atoms with Crippen molar-refractivity contribution >= 4 is 5.91 Å². The molecule has 2 heterocycles. The molecular formula is C14H22N4O. The van der Waals surface area contributed by atoms with E-state index < -0.39 is 0 Å². The van der Waals surface area contributed by atoms with Crippen LogP contribution in [0.2, 0.25) is 0 Å². The van der Waals surface area contributed by atoms with Gasteiger partial charge in [0.25, 0.3) is 0 Å². The Morgan fingerprint density at radius 1 is 1.32 bits per heavy atom. The van der Waals surface area contributed by atoms with E-state index in [-0.39, 0.29) is 17.9 Å². The van der Waals surface area contributed by atoms with Gasteiger partial charge in [-0.25, -0.2) is 4.98 Å². The second-order valence-electron chi connectivity index (χ2n) is 5.67. The van der Waals surface area contributed by atoms with Crippen LogP contribution >= 0.6 is 0 Å². The van der Waals surface area contributed by atoms with Crippen molar-refractivity contribution in [3.63, 3.8) is 0 Å². The van der Waals surface area contributed by atoms with Gasteiger partial charge in [0, 0.05) is 25.0 Å². The van der Waals surface area contributed by atoms with Gasteiger partial charge in [-0.2, -0.15) is 0 Å². The summed E-state index contributed by atoms with van der Waals surface area (Å²) in [7, 11) is 0. The zero-order valence-corrected chi connectivity index (χ0v) is 11.2. The van der Waals surface area contributed by atoms with Gasteiger partial charge < -0.3 is 15.2 Å². The highest BCUT2D eigenvalue weighted by Gasteiger charge is 2.31. The molecule has 1 aromatic rings. The third-order valence-electron chi connectivity index (χ3n) is 4.38. The van der Waals surface area contributed by atoms with Gasteiger partial charge in [-0.05, 0) is 38.6 Å². The molecular weight excluding hydrogens is 240 g/mol. The van der Waals surface area contributed by atoms with Crippen LogP contribution in [0, 0.1) is 5.92 Å². The van der Waals surface area contributed by atoms with E-state index in [2.05, 4.69) is 20.2 Å². The fourth-order valence-electron chi connectivity index (χ4n) is 3.31. The Morgan fingerprint density at radius 3 is 3.00 bits per heavy atom. The molecule has 19 heavy (non-hydrogen) atoms. The third-order valence-corrected chi connectivity index (χ3v) is 4.38. The van der Waals surface area contributed by atoms with Gasteiger partial charge in [0.05, 0.1) is 18.3 Å². The molecule has 1 saturated carbocycles. The number of carbonyl (C=O) groups is 1. The van der Waals surface area contributed by atoms with Crippen molar-refractivity contribution in [2.24, 2.45) is 5.92 Å². The van der Waals surface area contributed by atoms with Gasteiger partial charge in [-0.1, -0.05) is 0 Å². The average molecular weight is 262 g/mol. The molecule has 1 aromatic heterocycles. The number of aromatic nitrogens is 2. The van der Waals surface area contributed by atoms with E-state index >= 15 is 0 Å². The third kappa shape index (κ3) is 2.81. The maximum atomic E-state index is 12.3. The molecule has 1 aliphatic carbocycles. The number of amides is 1. The van der Waals surface area contributed by atoms with Crippen molar-refractivity contribution in [1.82, 2.24) is 20.2 Å². The highest BCUT2D eigenvalue weighted by Crippen LogP contribution is 2.30. The molecule has 3 unspecified atom stereocenters. The Balaban J connectivity index is 1.60. The van der Waals surface area contributed by atoms with Crippen molar-refractivity contribution < 1.29 is 4.79 Å². The summed E-state index contributed by atoms with van der Waals surface area (Å²) in [5, 5.41) is 6.56. The van der Waals surface area contributed by atoms with Gasteiger partial charge in [0.15, 0.2) is 0 Å². The zero-order valence-electron chi connectivity index (χ0n) is 11.2. The lowest BCUT2D eigenvalue weighted by Gasteiger charge is -2.27. The fourth-order valence-corrected chi connectivity index (χ4v) is 3.31. The van der Waals surface area contributed by atoms with Crippen molar-refractivity contribution in [2.75, 3.05) is 13.1 Å². The number of hydrogen-bond donors (Lipinski definition) is 2. The summed E-state index contributed by atoms with van der Waals surface area (Å²) in [6.07, 6.45) is 11.2. The maximum absolute atomic E-state index is 12.3. The van der Waals surface area contributed by atoms with E-state index in [1.165, 1.54) is 6.42 Å². The molecule has 0 bridgehead atoms. The lowest BCUT2D eigenvalue weighted by Crippen LogP contribution is -2.45. The summed E-state index contributed by atoms with van der Waals surface area (Å²) < 4.78 is 2.14. The number of nitrogens with zero attached hydrogens (tertiary/aromatic N) is 2. The minimum absolute atomic E-state index is 0.151. The van der Waals surface area contributed by atoms with Crippen LogP contribution in [-0.4, -0.2) is 34.6 Å². The summed E-state index contributed by atoms with van der Waals surface area (Å²) in [5.41, 5.74) is 0. The Bertz CT molecular complexity index is 411. The molecule has 2 fully saturated rings. The second kappa shape index (κ2) is 5.74. The molecule has 5 heteroatoms. The van der Waals surface area contributed by atoms with Crippen LogP contribution in [0.5, 0.6) is 0 Å². The van der Waals surface area contributed by atoms with Crippen molar-refractivity contribution in [2.45, 2.75) is 44.2 Å². The van der Waals surface area contributed by atoms with Gasteiger partial charge in [-0.15, -0.1) is 0 Å². The highest BCUT2D eigenvalue weighted by molar-refractivity contribution is 5.79. The van der Waals surface area contributed by atoms with Crippen molar-refractivity contribution in [3.05, 3.63) is 18.7 Å². The molecule has 5 nitrogen and oxygen atoms in total. The molecule has 1 aliphatic heterocycles. The Hall–Kier alpha value is -1.36. The van der Waals surface area contributed by atoms with Crippen LogP contribution in [0.25, 0.3) is 0 Å². The standard InChI is InChI=1S/C14H22N4O/c19-14(11-3-2-6-15-9-11)17-12-4-1-5-13(12)18-8-7-16-10-18/h7-8,10-13,15H,1-6,9H2,(H,17,19). The average Bonchev–Trinajstić information content (AvgIpc) is 3.10. The number of piperidine rings is 1. The minimum atomic E-state index is 0.151. The second-order valence-corrected chi connectivity index (χ2v) is 5.67. The van der Waals surface area contributed by atoms with E-state index in [0.717, 1.165) is 38.8 Å². The molecule has 0 aromatic carbocycles. The van der Waals surface area contributed by atoms with E-state index in [1.54, 1.807) is 0 Å². The SMILES string of the molecule is O=C(NC1CCCC1n1ccnc1)C1CCCNC1. The van der Waals surface area contributed by atoms with Gasteiger partial charge in [0.1, 0.15) is 0 Å². The minimum Gasteiger partial charge on any atom is -0.351 e. The number of nitrogens with one attached hydrogen (secondary N) is 2. The number of rotatable bonds is 3. The molecule has 0 spiro atoms. The van der Waals surface area contributed by atoms with Crippen LogP contribution < -0.4 is 10.6 Å². The summed E-state index contributed by atoms with van der Waals surface area (Å²) in [5.74, 6) is 0.377. The fraction of sp³-hybridized carbons (Fsp3) is 0.714. The largest absolute Gasteiger partial charge is 0.351 e. The molecule has 1 amide bonds. The predicted molar refractivity (Wildman–Crippen MR) is 72.6 cm³/mol. The monoisotopic (exact) mass is 262 g/mol. The molecule has 3 rings (SSSR count). The topological polar surface area (TPSA) is 59.0 Å². The Morgan fingerprint density at radius 2 is 2.26 bits per heavy atom. The van der Waals surface area contributed by atoms with Crippen molar-refractivity contribution in [3.8, 4) is 0 Å². The first-order chi connectivity index (χ1) is 9.34. The van der Waals surface area contributed by atoms with Crippen molar-refractivity contribution in [1.29, 1.82) is 0 Å². The van der Waals surface area contributed by atoms with Crippen LogP contribution in [0.4, 0.5) is 0 Å². The zero-order chi connectivity index (χ0) is 13.1. The first-order valence-corrected chi connectivity index (χ1v) is 7.33. The normalized spacial score (nSPS) is 31.3. The van der Waals surface area contributed by atoms with E-state index in [4.69, 9.17) is 0 Å². The predicted octanol–water partition coefficient (Wildman–Crippen LogP) is 1.09. The first kappa shape index (κ1) is 12.7. The molecule has 3 atom stereocenters. The summed E-state index contributed by atoms with van der Waals surface area (Å²) >= 11 is 0. The van der Waals surface area contributed by atoms with Crippen LogP contribution in [-0.2, 0) is 4.79 Å². The Labute approximate surface area is 113 Å². The van der Waals surface area contributed by atoms with Gasteiger partial charge in [0.2, 0.25) is 5.91 Å². The molecule has 0 radical (unpaired) electrons. The molecule has 104 valence electrons. The summed E-state index contributed by atoms with van der Waals surface area (Å²) in [6, 6.07) is 0.645. The van der Waals surface area contributed by atoms with Crippen LogP contribution in [0.3, 0.4) is 0 Å². The summed E-state index contributed by atoms with van der Waals surface area (Å²) in [6.45, 7) is 1.87. The summed E-state index contributed by atoms with van der Waals surface area (Å²) in [4.78, 5) is 16.4. The number of imidazole rings is 1. The van der Waals surface area contributed by atoms with E-state index in [1.807, 2.05) is 18.7 Å². The quantitative estimate of drug-likeness (QED) is 0.857.